The first-order chi connectivity index (χ1) is 8.19. The van der Waals surface area contributed by atoms with Gasteiger partial charge in [-0.3, -0.25) is 4.68 Å². The van der Waals surface area contributed by atoms with Crippen molar-refractivity contribution in [3.05, 3.63) is 36.0 Å². The van der Waals surface area contributed by atoms with Crippen molar-refractivity contribution < 1.29 is 19.1 Å². The van der Waals surface area contributed by atoms with E-state index in [1.807, 2.05) is 6.92 Å². The molecular weight excluding hydrogens is 224 g/mol. The Labute approximate surface area is 97.4 Å². The Balaban J connectivity index is 1.94. The van der Waals surface area contributed by atoms with Gasteiger partial charge in [0, 0.05) is 6.54 Å². The van der Waals surface area contributed by atoms with Crippen molar-refractivity contribution in [3.63, 3.8) is 0 Å². The van der Waals surface area contributed by atoms with E-state index in [0.717, 1.165) is 6.54 Å². The molecule has 2 heterocycles. The Hall–Kier alpha value is -2.24. The van der Waals surface area contributed by atoms with Gasteiger partial charge in [0.2, 0.25) is 0 Å². The molecule has 0 bridgehead atoms. The number of carbonyl (C=O) groups is 1. The van der Waals surface area contributed by atoms with Gasteiger partial charge in [-0.2, -0.15) is 5.10 Å². The lowest BCUT2D eigenvalue weighted by molar-refractivity contribution is 0.0696. The minimum Gasteiger partial charge on any atom is -0.482 e. The molecule has 0 radical (unpaired) electrons. The molecule has 17 heavy (non-hydrogen) atoms. The molecule has 0 atom stereocenters. The summed E-state index contributed by atoms with van der Waals surface area (Å²) >= 11 is 0. The number of furan rings is 1. The molecule has 2 aromatic rings. The highest BCUT2D eigenvalue weighted by atomic mass is 16.5. The first kappa shape index (κ1) is 11.3. The van der Waals surface area contributed by atoms with Crippen LogP contribution in [0.1, 0.15) is 23.0 Å². The summed E-state index contributed by atoms with van der Waals surface area (Å²) in [5, 5.41) is 12.8. The molecule has 2 aromatic heterocycles. The molecule has 90 valence electrons. The summed E-state index contributed by atoms with van der Waals surface area (Å²) in [5.74, 6) is 0.0746. The zero-order valence-electron chi connectivity index (χ0n) is 9.29. The summed E-state index contributed by atoms with van der Waals surface area (Å²) in [5.41, 5.74) is 0.118. The number of aromatic carboxylic acids is 1. The lowest BCUT2D eigenvalue weighted by atomic mass is 10.3. The van der Waals surface area contributed by atoms with E-state index >= 15 is 0 Å². The third-order valence-electron chi connectivity index (χ3n) is 2.22. The number of carboxylic acids is 1. The lowest BCUT2D eigenvalue weighted by Gasteiger charge is -1.99. The van der Waals surface area contributed by atoms with Crippen molar-refractivity contribution in [1.29, 1.82) is 0 Å². The normalized spacial score (nSPS) is 10.4. The third-order valence-corrected chi connectivity index (χ3v) is 2.22. The molecule has 0 fully saturated rings. The van der Waals surface area contributed by atoms with Crippen LogP contribution < -0.4 is 4.74 Å². The first-order valence-corrected chi connectivity index (χ1v) is 5.15. The van der Waals surface area contributed by atoms with E-state index in [1.54, 1.807) is 17.1 Å². The minimum absolute atomic E-state index is 0.118. The van der Waals surface area contributed by atoms with Gasteiger partial charge in [-0.05, 0) is 13.0 Å². The first-order valence-electron chi connectivity index (χ1n) is 5.15. The average molecular weight is 236 g/mol. The van der Waals surface area contributed by atoms with Crippen LogP contribution in [0.5, 0.6) is 5.75 Å². The predicted octanol–water partition coefficient (Wildman–Crippen LogP) is 1.77. The van der Waals surface area contributed by atoms with Gasteiger partial charge in [-0.25, -0.2) is 4.79 Å². The fourth-order valence-electron chi connectivity index (χ4n) is 1.32. The van der Waals surface area contributed by atoms with Crippen LogP contribution in [0, 0.1) is 0 Å². The second kappa shape index (κ2) is 4.73. The summed E-state index contributed by atoms with van der Waals surface area (Å²) in [6, 6.07) is 1.44. The molecule has 6 heteroatoms. The quantitative estimate of drug-likeness (QED) is 0.856. The Morgan fingerprint density at radius 1 is 1.65 bits per heavy atom. The third kappa shape index (κ3) is 2.66. The van der Waals surface area contributed by atoms with Crippen LogP contribution in [0.15, 0.2) is 29.1 Å². The Morgan fingerprint density at radius 2 is 2.47 bits per heavy atom. The standard InChI is InChI=1S/C11H12N2O4/c1-2-13-5-10(4-12-13)17-7-9-3-8(6-16-9)11(14)15/h3-6H,2,7H2,1H3,(H,14,15). The molecule has 0 aromatic carbocycles. The molecule has 0 aliphatic carbocycles. The fraction of sp³-hybridized carbons (Fsp3) is 0.273. The molecule has 1 N–H and O–H groups in total. The number of carboxylic acid groups (broad SMARTS) is 1. The lowest BCUT2D eigenvalue weighted by Crippen LogP contribution is -1.95. The fourth-order valence-corrected chi connectivity index (χ4v) is 1.32. The molecule has 0 unspecified atom stereocenters. The number of aryl methyl sites for hydroxylation is 1. The Bertz CT molecular complexity index is 515. The van der Waals surface area contributed by atoms with E-state index in [1.165, 1.54) is 12.3 Å². The molecule has 0 spiro atoms. The van der Waals surface area contributed by atoms with E-state index in [2.05, 4.69) is 5.10 Å². The van der Waals surface area contributed by atoms with Gasteiger partial charge >= 0.3 is 5.97 Å². The van der Waals surface area contributed by atoms with Crippen LogP contribution in [-0.2, 0) is 13.2 Å². The minimum atomic E-state index is -1.01. The topological polar surface area (TPSA) is 77.5 Å². The van der Waals surface area contributed by atoms with Crippen LogP contribution in [0.4, 0.5) is 0 Å². The summed E-state index contributed by atoms with van der Waals surface area (Å²) in [6.45, 7) is 2.93. The molecule has 6 nitrogen and oxygen atoms in total. The maximum absolute atomic E-state index is 10.6. The number of hydrogen-bond donors (Lipinski definition) is 1. The molecule has 0 aliphatic heterocycles. The zero-order chi connectivity index (χ0) is 12.3. The van der Waals surface area contributed by atoms with E-state index in [4.69, 9.17) is 14.3 Å². The molecule has 0 amide bonds. The molecule has 2 rings (SSSR count). The maximum Gasteiger partial charge on any atom is 0.338 e. The highest BCUT2D eigenvalue weighted by Gasteiger charge is 2.08. The van der Waals surface area contributed by atoms with Crippen molar-refractivity contribution >= 4 is 5.97 Å². The van der Waals surface area contributed by atoms with Crippen LogP contribution in [0.25, 0.3) is 0 Å². The number of hydrogen-bond acceptors (Lipinski definition) is 4. The predicted molar refractivity (Wildman–Crippen MR) is 57.9 cm³/mol. The van der Waals surface area contributed by atoms with Crippen molar-refractivity contribution in [2.24, 2.45) is 0 Å². The number of rotatable bonds is 5. The molecule has 0 saturated carbocycles. The van der Waals surface area contributed by atoms with E-state index in [0.29, 0.717) is 11.5 Å². The van der Waals surface area contributed by atoms with Gasteiger partial charge in [-0.15, -0.1) is 0 Å². The van der Waals surface area contributed by atoms with Crippen molar-refractivity contribution in [3.8, 4) is 5.75 Å². The Morgan fingerprint density at radius 3 is 3.06 bits per heavy atom. The Kier molecular flexibility index (Phi) is 3.13. The monoisotopic (exact) mass is 236 g/mol. The van der Waals surface area contributed by atoms with Gasteiger partial charge in [-0.1, -0.05) is 0 Å². The molecule has 0 saturated heterocycles. The molecule has 0 aliphatic rings. The average Bonchev–Trinajstić information content (AvgIpc) is 2.95. The smallest absolute Gasteiger partial charge is 0.338 e. The van der Waals surface area contributed by atoms with Crippen molar-refractivity contribution in [2.45, 2.75) is 20.1 Å². The number of aromatic nitrogens is 2. The molecular formula is C11H12N2O4. The van der Waals surface area contributed by atoms with Gasteiger partial charge in [0.25, 0.3) is 0 Å². The summed E-state index contributed by atoms with van der Waals surface area (Å²) in [6.07, 6.45) is 4.56. The van der Waals surface area contributed by atoms with Crippen LogP contribution >= 0.6 is 0 Å². The van der Waals surface area contributed by atoms with E-state index in [-0.39, 0.29) is 12.2 Å². The zero-order valence-corrected chi connectivity index (χ0v) is 9.29. The largest absolute Gasteiger partial charge is 0.482 e. The van der Waals surface area contributed by atoms with Crippen LogP contribution in [0.2, 0.25) is 0 Å². The van der Waals surface area contributed by atoms with Gasteiger partial charge in [0.1, 0.15) is 18.6 Å². The van der Waals surface area contributed by atoms with Crippen molar-refractivity contribution in [1.82, 2.24) is 9.78 Å². The maximum atomic E-state index is 10.6. The second-order valence-electron chi connectivity index (χ2n) is 3.43. The summed E-state index contributed by atoms with van der Waals surface area (Å²) in [7, 11) is 0. The van der Waals surface area contributed by atoms with Gasteiger partial charge in [0.15, 0.2) is 5.75 Å². The van der Waals surface area contributed by atoms with E-state index in [9.17, 15) is 4.79 Å². The van der Waals surface area contributed by atoms with Gasteiger partial charge < -0.3 is 14.3 Å². The number of ether oxygens (including phenoxy) is 1. The summed E-state index contributed by atoms with van der Waals surface area (Å²) in [4.78, 5) is 10.6. The van der Waals surface area contributed by atoms with Crippen LogP contribution in [0.3, 0.4) is 0 Å². The van der Waals surface area contributed by atoms with E-state index < -0.39 is 5.97 Å². The number of nitrogens with zero attached hydrogens (tertiary/aromatic N) is 2. The SMILES string of the molecule is CCn1cc(OCc2cc(C(=O)O)co2)cn1. The summed E-state index contributed by atoms with van der Waals surface area (Å²) < 4.78 is 12.2. The highest BCUT2D eigenvalue weighted by Crippen LogP contribution is 2.13. The van der Waals surface area contributed by atoms with Gasteiger partial charge in [0.05, 0.1) is 18.0 Å². The van der Waals surface area contributed by atoms with Crippen LogP contribution in [-0.4, -0.2) is 20.9 Å². The second-order valence-corrected chi connectivity index (χ2v) is 3.43. The highest BCUT2D eigenvalue weighted by molar-refractivity contribution is 5.87. The van der Waals surface area contributed by atoms with Crippen molar-refractivity contribution in [2.75, 3.05) is 0 Å².